The highest BCUT2D eigenvalue weighted by Gasteiger charge is 2.94. The molecule has 394 valence electrons. The van der Waals surface area contributed by atoms with E-state index >= 15 is 9.59 Å². The summed E-state index contributed by atoms with van der Waals surface area (Å²) in [4.78, 5) is 38.9. The van der Waals surface area contributed by atoms with Crippen molar-refractivity contribution in [3.8, 4) is 11.8 Å². The number of hydrogen-bond acceptors (Lipinski definition) is 8. The molecule has 3 N–H and O–H groups in total. The van der Waals surface area contributed by atoms with Gasteiger partial charge >= 0.3 is 11.9 Å². The molecule has 5 saturated carbocycles. The molecular formula is C67H81N3O5. The van der Waals surface area contributed by atoms with Crippen molar-refractivity contribution in [2.75, 3.05) is 19.6 Å². The second-order valence-electron chi connectivity index (χ2n) is 29.4. The summed E-state index contributed by atoms with van der Waals surface area (Å²) < 4.78 is 15.2. The normalized spacial score (nSPS) is 49.7. The number of aryl methyl sites for hydroxylation is 1. The van der Waals surface area contributed by atoms with Crippen molar-refractivity contribution < 1.29 is 24.2 Å². The third-order valence-corrected chi connectivity index (χ3v) is 27.2. The Kier molecular flexibility index (Phi) is 9.08. The van der Waals surface area contributed by atoms with Gasteiger partial charge < -0.3 is 25.2 Å². The molecule has 8 nitrogen and oxygen atoms in total. The second kappa shape index (κ2) is 15.1. The van der Waals surface area contributed by atoms with E-state index in [0.717, 1.165) is 61.9 Å². The SMILES string of the molecule is C[C@H]1CC2=C3[C@H]4C5=C6[C@@H](/C=C\[C@@H](C7CCCCC7)C[C@H]7[C@]68C(=O)O/C6=C(/O)[C@@H]9[C@@H](C#CCc%10ccc(CCCN)c%11c%10[C@]7(OC%11=O)[C@]68CC5)[C@H]5CC[C@]6(CCC7(CCCC7)C6)[C@@H]9N6C[C@@H]7C[C@@H](CN3[C@H]7CC2)[C@@H]56)C[C@H]41. The summed E-state index contributed by atoms with van der Waals surface area (Å²) in [5, 5.41) is 14.7. The monoisotopic (exact) mass is 1010 g/mol. The van der Waals surface area contributed by atoms with Gasteiger partial charge in [-0.25, -0.2) is 4.79 Å². The first-order chi connectivity index (χ1) is 36.7. The van der Waals surface area contributed by atoms with Gasteiger partial charge in [0.25, 0.3) is 0 Å². The van der Waals surface area contributed by atoms with Gasteiger partial charge in [-0.2, -0.15) is 0 Å². The Bertz CT molecular complexity index is 2980. The van der Waals surface area contributed by atoms with Crippen LogP contribution in [0, 0.1) is 105 Å². The lowest BCUT2D eigenvalue weighted by molar-refractivity contribution is -0.283. The zero-order valence-electron chi connectivity index (χ0n) is 44.8. The summed E-state index contributed by atoms with van der Waals surface area (Å²) in [7, 11) is 0. The van der Waals surface area contributed by atoms with E-state index in [1.807, 2.05) is 0 Å². The van der Waals surface area contributed by atoms with E-state index in [1.54, 1.807) is 16.8 Å². The Morgan fingerprint density at radius 1 is 0.880 bits per heavy atom. The van der Waals surface area contributed by atoms with Crippen molar-refractivity contribution >= 4 is 11.9 Å². The average Bonchev–Trinajstić information content (AvgIpc) is 4.07. The van der Waals surface area contributed by atoms with E-state index in [2.05, 4.69) is 52.8 Å². The summed E-state index contributed by atoms with van der Waals surface area (Å²) in [6.07, 6.45) is 33.3. The van der Waals surface area contributed by atoms with Gasteiger partial charge in [-0.15, -0.1) is 0 Å². The molecule has 5 saturated heterocycles. The Hall–Kier alpha value is -3.80. The van der Waals surface area contributed by atoms with Crippen molar-refractivity contribution in [1.82, 2.24) is 9.80 Å². The molecule has 18 rings (SSSR count). The van der Waals surface area contributed by atoms with E-state index < -0.39 is 16.4 Å². The highest BCUT2D eigenvalue weighted by atomic mass is 16.6. The van der Waals surface area contributed by atoms with Crippen molar-refractivity contribution in [3.05, 3.63) is 80.5 Å². The number of allylic oxidation sites excluding steroid dienone is 4. The highest BCUT2D eigenvalue weighted by molar-refractivity contribution is 6.01. The van der Waals surface area contributed by atoms with Crippen LogP contribution in [0.3, 0.4) is 0 Å². The molecule has 4 bridgehead atoms. The molecule has 75 heavy (non-hydrogen) atoms. The summed E-state index contributed by atoms with van der Waals surface area (Å²) in [5.41, 5.74) is 13.5. The summed E-state index contributed by atoms with van der Waals surface area (Å²) in [6.45, 7) is 5.38. The number of nitrogens with zero attached hydrogens (tertiary/aromatic N) is 2. The molecule has 5 spiro atoms. The number of aliphatic hydroxyl groups excluding tert-OH is 1. The minimum Gasteiger partial charge on any atom is -0.508 e. The summed E-state index contributed by atoms with van der Waals surface area (Å²) in [6, 6.07) is 5.57. The van der Waals surface area contributed by atoms with Gasteiger partial charge in [-0.05, 0) is 203 Å². The van der Waals surface area contributed by atoms with Gasteiger partial charge in [0, 0.05) is 72.6 Å². The smallest absolute Gasteiger partial charge is 0.339 e. The number of hydrogen-bond donors (Lipinski definition) is 2. The van der Waals surface area contributed by atoms with Gasteiger partial charge in [-0.3, -0.25) is 9.69 Å². The number of benzene rings is 1. The van der Waals surface area contributed by atoms with E-state index in [-0.39, 0.29) is 58.9 Å². The first-order valence-electron chi connectivity index (χ1n) is 31.5. The molecule has 0 aromatic heterocycles. The predicted molar refractivity (Wildman–Crippen MR) is 285 cm³/mol. The number of fused-ring (bicyclic) bond motifs is 9. The molecular weight excluding hydrogens is 927 g/mol. The van der Waals surface area contributed by atoms with Crippen LogP contribution in [0.15, 0.2) is 58.2 Å². The molecule has 7 heterocycles. The molecule has 0 radical (unpaired) electrons. The van der Waals surface area contributed by atoms with Crippen molar-refractivity contribution in [3.63, 3.8) is 0 Å². The maximum atomic E-state index is 17.0. The zero-order chi connectivity index (χ0) is 49.7. The number of piperidine rings is 3. The Labute approximate surface area is 445 Å². The quantitative estimate of drug-likeness (QED) is 0.175. The first kappa shape index (κ1) is 45.1. The van der Waals surface area contributed by atoms with Gasteiger partial charge in [0.05, 0.1) is 11.0 Å². The topological polar surface area (TPSA) is 105 Å². The number of carbonyl (C=O) groups is 2. The van der Waals surface area contributed by atoms with Crippen LogP contribution >= 0.6 is 0 Å². The van der Waals surface area contributed by atoms with Crippen LogP contribution < -0.4 is 5.73 Å². The largest absolute Gasteiger partial charge is 0.508 e. The third-order valence-electron chi connectivity index (χ3n) is 27.2. The predicted octanol–water partition coefficient (Wildman–Crippen LogP) is 11.8. The average molecular weight is 1010 g/mol. The zero-order valence-corrected chi connectivity index (χ0v) is 44.8. The van der Waals surface area contributed by atoms with Gasteiger partial charge in [0.1, 0.15) is 11.2 Å². The van der Waals surface area contributed by atoms with Crippen LogP contribution in [0.2, 0.25) is 0 Å². The van der Waals surface area contributed by atoms with Crippen molar-refractivity contribution in [2.45, 2.75) is 191 Å². The van der Waals surface area contributed by atoms with Crippen LogP contribution in [-0.4, -0.2) is 64.6 Å². The molecule has 1 aromatic rings. The number of esters is 2. The minimum atomic E-state index is -1.19. The van der Waals surface area contributed by atoms with Crippen LogP contribution in [0.25, 0.3) is 0 Å². The number of carbonyl (C=O) groups excluding carboxylic acids is 2. The second-order valence-corrected chi connectivity index (χ2v) is 29.4. The number of ether oxygens (including phenoxy) is 2. The van der Waals surface area contributed by atoms with Gasteiger partial charge in [0.2, 0.25) is 0 Å². The van der Waals surface area contributed by atoms with E-state index in [0.29, 0.717) is 95.9 Å². The number of aliphatic hydroxyl groups is 1. The maximum absolute atomic E-state index is 17.0. The summed E-state index contributed by atoms with van der Waals surface area (Å²) >= 11 is 0. The number of nitrogens with two attached hydrogens (primary N) is 1. The molecule has 10 fully saturated rings. The lowest BCUT2D eigenvalue weighted by atomic mass is 9.27. The summed E-state index contributed by atoms with van der Waals surface area (Å²) in [5.74, 6) is 11.6. The molecule has 10 aliphatic carbocycles. The van der Waals surface area contributed by atoms with Gasteiger partial charge in [-0.1, -0.05) is 86.3 Å². The molecule has 17 aliphatic rings. The lowest BCUT2D eigenvalue weighted by Gasteiger charge is -2.73. The fourth-order valence-electron chi connectivity index (χ4n) is 25.2. The Morgan fingerprint density at radius 2 is 1.76 bits per heavy atom. The Morgan fingerprint density at radius 3 is 2.63 bits per heavy atom. The lowest BCUT2D eigenvalue weighted by Crippen LogP contribution is -2.78. The Balaban J connectivity index is 0.979. The van der Waals surface area contributed by atoms with E-state index in [9.17, 15) is 5.11 Å². The van der Waals surface area contributed by atoms with Crippen LogP contribution in [-0.2, 0) is 32.7 Å². The third kappa shape index (κ3) is 5.13. The van der Waals surface area contributed by atoms with Crippen LogP contribution in [0.5, 0.6) is 0 Å². The minimum absolute atomic E-state index is 0.0508. The molecule has 7 aliphatic heterocycles. The fraction of sp³-hybridized carbons (Fsp3) is 0.731. The van der Waals surface area contributed by atoms with Crippen molar-refractivity contribution in [2.24, 2.45) is 98.4 Å². The van der Waals surface area contributed by atoms with Crippen LogP contribution in [0.1, 0.15) is 182 Å². The van der Waals surface area contributed by atoms with Gasteiger partial charge in [0.15, 0.2) is 11.4 Å². The first-order valence-corrected chi connectivity index (χ1v) is 31.5. The highest BCUT2D eigenvalue weighted by Crippen LogP contribution is 2.89. The molecule has 0 unspecified atom stereocenters. The number of rotatable bonds is 4. The van der Waals surface area contributed by atoms with E-state index in [4.69, 9.17) is 15.2 Å². The standard InChI is InChI=1S/C67H81N3O5/c1-36-29-42-18-19-49-43-30-44-34-69(49)57(42)52-47-21-25-65-60-58(71)53-45(46-20-24-64(59(53)70(33-43)56(44)46)27-26-63(35-64)22-5-6-23-63)13-7-11-39-15-14-38(12-8-28-68)51-55(39)67(65,75-61(51)72)50-32-40(37-9-3-2-4-10-37)16-17-41(31-48(36)52)54(47)66(50,65)62(73)74-60/h14-17,36-37,40-41,43-46,48-50,52-53,56,59,71H,2-6,8-12,18-35,68H2,1H3/b17-16-,60-58+/t36-,40+,41-,43-,44-,45-,46+,48-,49-,50-,52-,53-,56-,59+,64+,65+,66+,67-/m0/s1. The van der Waals surface area contributed by atoms with Crippen molar-refractivity contribution in [1.29, 1.82) is 0 Å². The molecule has 0 amide bonds. The molecule has 8 heteroatoms. The fourth-order valence-corrected chi connectivity index (χ4v) is 25.2. The molecule has 18 atom stereocenters. The molecule has 1 aromatic carbocycles. The maximum Gasteiger partial charge on any atom is 0.339 e. The van der Waals surface area contributed by atoms with E-state index in [1.165, 1.54) is 115 Å². The van der Waals surface area contributed by atoms with Crippen LogP contribution in [0.4, 0.5) is 0 Å².